The van der Waals surface area contributed by atoms with Crippen LogP contribution in [-0.2, 0) is 24.0 Å². The fourth-order valence-electron chi connectivity index (χ4n) is 7.28. The van der Waals surface area contributed by atoms with Crippen LogP contribution in [0.4, 0.5) is 0 Å². The first-order chi connectivity index (χ1) is 30.4. The van der Waals surface area contributed by atoms with Crippen LogP contribution in [0.3, 0.4) is 0 Å². The summed E-state index contributed by atoms with van der Waals surface area (Å²) in [6, 6.07) is -1.52. The van der Waals surface area contributed by atoms with E-state index in [1.807, 2.05) is 6.92 Å². The summed E-state index contributed by atoms with van der Waals surface area (Å²) in [7, 11) is 1.72. The average molecular weight is 897 g/mol. The highest BCUT2D eigenvalue weighted by Gasteiger charge is 2.25. The highest BCUT2D eigenvalue weighted by molar-refractivity contribution is 5.89. The van der Waals surface area contributed by atoms with Crippen molar-refractivity contribution in [1.82, 2.24) is 31.9 Å². The number of unbranched alkanes of at least 4 members (excludes halogenated alkanes) is 20. The summed E-state index contributed by atoms with van der Waals surface area (Å²) in [5.74, 6) is -1.36. The second-order valence-electron chi connectivity index (χ2n) is 17.4. The molecule has 0 heterocycles. The number of carboxylic acids is 1. The highest BCUT2D eigenvalue weighted by Crippen LogP contribution is 2.12. The Morgan fingerprint density at radius 2 is 0.730 bits per heavy atom. The van der Waals surface area contributed by atoms with Gasteiger partial charge in [-0.2, -0.15) is 0 Å². The minimum atomic E-state index is -1.02. The number of nitrogens with one attached hydrogen (secondary N) is 6. The number of rotatable bonds is 41. The van der Waals surface area contributed by atoms with Crippen molar-refractivity contribution in [2.75, 3.05) is 26.7 Å². The van der Waals surface area contributed by atoms with Crippen molar-refractivity contribution in [2.45, 2.75) is 272 Å². The molecule has 0 aliphatic heterocycles. The third kappa shape index (κ3) is 44.3. The van der Waals surface area contributed by atoms with Crippen molar-refractivity contribution in [2.24, 2.45) is 0 Å². The van der Waals surface area contributed by atoms with Gasteiger partial charge in [0.1, 0.15) is 12.1 Å². The van der Waals surface area contributed by atoms with Gasteiger partial charge in [0.05, 0.1) is 12.1 Å². The lowest BCUT2D eigenvalue weighted by atomic mass is 10.0. The van der Waals surface area contributed by atoms with Crippen molar-refractivity contribution in [1.29, 1.82) is 0 Å². The number of carboxylic acid groups (broad SMARTS) is 1. The van der Waals surface area contributed by atoms with Crippen molar-refractivity contribution in [3.8, 4) is 0 Å². The zero-order valence-electron chi connectivity index (χ0n) is 42.6. The van der Waals surface area contributed by atoms with Gasteiger partial charge >= 0.3 is 5.97 Å². The van der Waals surface area contributed by atoms with Gasteiger partial charge in [-0.25, -0.2) is 4.79 Å². The molecule has 4 atom stereocenters. The van der Waals surface area contributed by atoms with Crippen molar-refractivity contribution < 1.29 is 29.1 Å². The van der Waals surface area contributed by atoms with E-state index in [1.165, 1.54) is 96.8 Å². The third-order valence-electron chi connectivity index (χ3n) is 11.3. The molecular weight excluding hydrogens is 793 g/mol. The number of carbonyl (C=O) groups is 5. The maximum atomic E-state index is 12.5. The molecule has 0 aliphatic carbocycles. The van der Waals surface area contributed by atoms with E-state index in [9.17, 15) is 29.1 Å². The molecule has 0 fully saturated rings. The number of aliphatic carboxylic acids is 1. The molecule has 0 saturated heterocycles. The van der Waals surface area contributed by atoms with Crippen LogP contribution in [0.25, 0.3) is 0 Å². The Morgan fingerprint density at radius 3 is 1.06 bits per heavy atom. The summed E-state index contributed by atoms with van der Waals surface area (Å²) in [5.41, 5.74) is 0. The van der Waals surface area contributed by atoms with Crippen LogP contribution in [0.5, 0.6) is 0 Å². The predicted octanol–water partition coefficient (Wildman–Crippen LogP) is 10.7. The standard InChI is InChI=1S/C20H38N2O4.C16H34N2O.C15H32N2O/c1-4-6-8-10-12-14-17(21-16(3)23)19(24)22-18(20(25)26)15-13-11-9-7-5-2;1-4-7-9-10-11-13-15(16(19)17-6-3)18-14-12-8-5-2;1-4-6-8-9-10-12-14(15(18)16-3)17-13-11-7-5-2/h17-18H,4-15H2,1-3H3,(H,21,23)(H,22,24)(H,25,26);15,18H,4-14H2,1-3H3,(H,17,19);14,17H,4-13H2,1-3H3,(H,16,18). The Morgan fingerprint density at radius 1 is 0.397 bits per heavy atom. The topological polar surface area (TPSA) is 178 Å². The van der Waals surface area contributed by atoms with Crippen LogP contribution < -0.4 is 31.9 Å². The lowest BCUT2D eigenvalue weighted by molar-refractivity contribution is -0.142. The van der Waals surface area contributed by atoms with E-state index in [1.54, 1.807) is 7.05 Å². The maximum Gasteiger partial charge on any atom is 0.326 e. The van der Waals surface area contributed by atoms with E-state index in [-0.39, 0.29) is 29.8 Å². The minimum absolute atomic E-state index is 0.00785. The summed E-state index contributed by atoms with van der Waals surface area (Å²) in [5, 5.41) is 27.1. The zero-order chi connectivity index (χ0) is 47.8. The molecule has 0 radical (unpaired) electrons. The molecule has 0 saturated carbocycles. The smallest absolute Gasteiger partial charge is 0.326 e. The van der Waals surface area contributed by atoms with Crippen LogP contribution in [-0.4, -0.2) is 85.6 Å². The molecule has 12 heteroatoms. The van der Waals surface area contributed by atoms with E-state index < -0.39 is 24.0 Å². The number of likely N-dealkylation sites (N-methyl/N-ethyl adjacent to an activating group) is 2. The normalized spacial score (nSPS) is 12.7. The molecule has 374 valence electrons. The van der Waals surface area contributed by atoms with Crippen LogP contribution in [0.2, 0.25) is 0 Å². The number of carbonyl (C=O) groups excluding carboxylic acids is 4. The molecule has 0 spiro atoms. The van der Waals surface area contributed by atoms with Crippen LogP contribution in [0, 0.1) is 0 Å². The molecule has 4 unspecified atom stereocenters. The second-order valence-corrected chi connectivity index (χ2v) is 17.4. The van der Waals surface area contributed by atoms with Crippen LogP contribution in [0.15, 0.2) is 0 Å². The minimum Gasteiger partial charge on any atom is -0.480 e. The fraction of sp³-hybridized carbons (Fsp3) is 0.902. The molecule has 4 amide bonds. The Bertz CT molecular complexity index is 1060. The van der Waals surface area contributed by atoms with Gasteiger partial charge in [-0.05, 0) is 58.5 Å². The van der Waals surface area contributed by atoms with Gasteiger partial charge in [0.15, 0.2) is 0 Å². The summed E-state index contributed by atoms with van der Waals surface area (Å²) in [6.07, 6.45) is 33.1. The summed E-state index contributed by atoms with van der Waals surface area (Å²) < 4.78 is 0. The lowest BCUT2D eigenvalue weighted by Gasteiger charge is -2.21. The van der Waals surface area contributed by atoms with Crippen molar-refractivity contribution in [3.63, 3.8) is 0 Å². The van der Waals surface area contributed by atoms with E-state index in [2.05, 4.69) is 73.4 Å². The lowest BCUT2D eigenvalue weighted by Crippen LogP contribution is -2.51. The number of hydrogen-bond acceptors (Lipinski definition) is 7. The fourth-order valence-corrected chi connectivity index (χ4v) is 7.28. The van der Waals surface area contributed by atoms with Gasteiger partial charge in [-0.15, -0.1) is 0 Å². The Hall–Kier alpha value is -2.73. The monoisotopic (exact) mass is 897 g/mol. The summed E-state index contributed by atoms with van der Waals surface area (Å²) in [4.78, 5) is 58.9. The zero-order valence-corrected chi connectivity index (χ0v) is 42.6. The predicted molar refractivity (Wildman–Crippen MR) is 266 cm³/mol. The molecule has 0 aromatic carbocycles. The molecule has 0 aromatic rings. The molecule has 0 aliphatic rings. The summed E-state index contributed by atoms with van der Waals surface area (Å²) >= 11 is 0. The van der Waals surface area contributed by atoms with Crippen LogP contribution >= 0.6 is 0 Å². The highest BCUT2D eigenvalue weighted by atomic mass is 16.4. The molecule has 0 aromatic heterocycles. The van der Waals surface area contributed by atoms with E-state index >= 15 is 0 Å². The van der Waals surface area contributed by atoms with Crippen molar-refractivity contribution >= 4 is 29.6 Å². The first-order valence-corrected chi connectivity index (χ1v) is 26.2. The van der Waals surface area contributed by atoms with Gasteiger partial charge in [0, 0.05) is 20.5 Å². The summed E-state index contributed by atoms with van der Waals surface area (Å²) in [6.45, 7) is 19.1. The van der Waals surface area contributed by atoms with Gasteiger partial charge in [-0.1, -0.05) is 196 Å². The first kappa shape index (κ1) is 64.6. The number of hydrogen-bond donors (Lipinski definition) is 7. The van der Waals surface area contributed by atoms with E-state index in [0.717, 1.165) is 110 Å². The SMILES string of the molecule is CCCCCCCC(NC(=O)C(CCCCCCC)NC(C)=O)C(=O)O.CCCCCCCC(NCCCCC)C(=O)NC.CCCCCCCC(NCCCCC)C(=O)NCC. The van der Waals surface area contributed by atoms with Gasteiger partial charge in [0.2, 0.25) is 23.6 Å². The van der Waals surface area contributed by atoms with Crippen molar-refractivity contribution in [3.05, 3.63) is 0 Å². The number of amides is 4. The molecule has 63 heavy (non-hydrogen) atoms. The second kappa shape index (κ2) is 50.3. The largest absolute Gasteiger partial charge is 0.480 e. The van der Waals surface area contributed by atoms with E-state index in [4.69, 9.17) is 0 Å². The Labute approximate surface area is 388 Å². The van der Waals surface area contributed by atoms with Gasteiger partial charge in [0.25, 0.3) is 0 Å². The molecular formula is C51H104N6O6. The van der Waals surface area contributed by atoms with Gasteiger partial charge < -0.3 is 37.0 Å². The third-order valence-corrected chi connectivity index (χ3v) is 11.3. The first-order valence-electron chi connectivity index (χ1n) is 26.2. The van der Waals surface area contributed by atoms with Gasteiger partial charge in [-0.3, -0.25) is 19.2 Å². The average Bonchev–Trinajstić information content (AvgIpc) is 3.26. The molecule has 0 rings (SSSR count). The molecule has 7 N–H and O–H groups in total. The van der Waals surface area contributed by atoms with Crippen LogP contribution in [0.1, 0.15) is 248 Å². The molecule has 12 nitrogen and oxygen atoms in total. The quantitative estimate of drug-likeness (QED) is 0.0297. The van der Waals surface area contributed by atoms with E-state index in [0.29, 0.717) is 12.8 Å². The Balaban J connectivity index is -0.000000878. The maximum absolute atomic E-state index is 12.5. The Kier molecular flexibility index (Phi) is 51.5. The molecule has 0 bridgehead atoms.